The molecule has 1 aromatic carbocycles. The van der Waals surface area contributed by atoms with Crippen LogP contribution in [0, 0.1) is 29.1 Å². The minimum Gasteiger partial charge on any atom is -0.379 e. The van der Waals surface area contributed by atoms with Crippen molar-refractivity contribution in [3.05, 3.63) is 29.1 Å². The minimum atomic E-state index is -2.32. The van der Waals surface area contributed by atoms with E-state index in [0.717, 1.165) is 0 Å². The van der Waals surface area contributed by atoms with Crippen molar-refractivity contribution in [1.82, 2.24) is 5.32 Å². The zero-order valence-electron chi connectivity index (χ0n) is 13.6. The van der Waals surface area contributed by atoms with E-state index in [2.05, 4.69) is 5.32 Å². The first-order valence-corrected chi connectivity index (χ1v) is 7.93. The van der Waals surface area contributed by atoms with Crippen molar-refractivity contribution >= 4 is 22.2 Å². The van der Waals surface area contributed by atoms with Crippen LogP contribution in [0.15, 0.2) is 0 Å². The number of hydrogen-bond acceptors (Lipinski definition) is 4. The highest BCUT2D eigenvalue weighted by molar-refractivity contribution is 5.98. The zero-order valence-corrected chi connectivity index (χ0v) is 15.6. The molecule has 0 spiro atoms. The molecule has 0 aliphatic rings. The summed E-state index contributed by atoms with van der Waals surface area (Å²) in [4.78, 5) is 11.7. The third-order valence-corrected chi connectivity index (χ3v) is 3.58. The van der Waals surface area contributed by atoms with Gasteiger partial charge in [-0.3, -0.25) is 0 Å². The van der Waals surface area contributed by atoms with Gasteiger partial charge in [0.15, 0.2) is 33.8 Å². The SMILES string of the molecule is CCOC(CNC(=O)Nc1c(F)c(F)c(F)c(F)c1F)(O[SiH3])OCC. The van der Waals surface area contributed by atoms with Gasteiger partial charge in [0.1, 0.15) is 12.2 Å². The molecule has 0 bridgehead atoms. The summed E-state index contributed by atoms with van der Waals surface area (Å²) in [5, 5.41) is 3.69. The smallest absolute Gasteiger partial charge is 0.319 e. The lowest BCUT2D eigenvalue weighted by Crippen LogP contribution is -2.50. The Morgan fingerprint density at radius 2 is 1.40 bits per heavy atom. The van der Waals surface area contributed by atoms with Crippen molar-refractivity contribution in [3.8, 4) is 0 Å². The number of hydrogen-bond donors (Lipinski definition) is 2. The average Bonchev–Trinajstić information content (AvgIpc) is 2.60. The third-order valence-electron chi connectivity index (χ3n) is 2.95. The van der Waals surface area contributed by atoms with Crippen molar-refractivity contribution in [2.75, 3.05) is 25.1 Å². The highest BCUT2D eigenvalue weighted by Crippen LogP contribution is 2.27. The Morgan fingerprint density at radius 3 is 1.80 bits per heavy atom. The molecule has 0 heterocycles. The van der Waals surface area contributed by atoms with Gasteiger partial charge in [0.05, 0.1) is 0 Å². The highest BCUT2D eigenvalue weighted by Gasteiger charge is 2.32. The quantitative estimate of drug-likeness (QED) is 0.233. The number of benzene rings is 1. The molecule has 0 aliphatic carbocycles. The normalized spacial score (nSPS) is 11.6. The monoisotopic (exact) mass is 388 g/mol. The van der Waals surface area contributed by atoms with Gasteiger partial charge in [0.2, 0.25) is 5.82 Å². The molecule has 0 aliphatic heterocycles. The number of carbonyl (C=O) groups is 1. The number of anilines is 1. The summed E-state index contributed by atoms with van der Waals surface area (Å²) in [5.41, 5.74) is -1.47. The average molecular weight is 388 g/mol. The summed E-state index contributed by atoms with van der Waals surface area (Å²) in [6.07, 6.45) is 0. The van der Waals surface area contributed by atoms with Gasteiger partial charge in [-0.25, -0.2) is 26.7 Å². The molecule has 6 nitrogen and oxygen atoms in total. The second-order valence-corrected chi connectivity index (χ2v) is 4.91. The van der Waals surface area contributed by atoms with Crippen LogP contribution in [0.5, 0.6) is 0 Å². The number of rotatable bonds is 8. The third kappa shape index (κ3) is 4.87. The van der Waals surface area contributed by atoms with Crippen LogP contribution in [0.3, 0.4) is 0 Å². The molecular weight excluding hydrogens is 371 g/mol. The maximum absolute atomic E-state index is 13.5. The topological polar surface area (TPSA) is 68.8 Å². The molecule has 25 heavy (non-hydrogen) atoms. The van der Waals surface area contributed by atoms with Crippen LogP contribution >= 0.6 is 0 Å². The van der Waals surface area contributed by atoms with Gasteiger partial charge in [-0.05, 0) is 13.8 Å². The van der Waals surface area contributed by atoms with Crippen LogP contribution < -0.4 is 10.6 Å². The lowest BCUT2D eigenvalue weighted by atomic mass is 10.2. The fourth-order valence-electron chi connectivity index (χ4n) is 1.83. The van der Waals surface area contributed by atoms with Crippen molar-refractivity contribution in [2.24, 2.45) is 0 Å². The Hall–Kier alpha value is -1.76. The lowest BCUT2D eigenvalue weighted by Gasteiger charge is -2.31. The summed E-state index contributed by atoms with van der Waals surface area (Å²) in [7, 11) is 0.173. The van der Waals surface area contributed by atoms with Crippen molar-refractivity contribution in [1.29, 1.82) is 0 Å². The van der Waals surface area contributed by atoms with Gasteiger partial charge < -0.3 is 24.5 Å². The molecule has 0 unspecified atom stereocenters. The molecule has 2 N–H and O–H groups in total. The summed E-state index contributed by atoms with van der Waals surface area (Å²) >= 11 is 0. The summed E-state index contributed by atoms with van der Waals surface area (Å²) in [6, 6.07) is -1.24. The fraction of sp³-hybridized carbons (Fsp3) is 0.462. The molecule has 0 aromatic heterocycles. The van der Waals surface area contributed by atoms with Crippen molar-refractivity contribution in [3.63, 3.8) is 0 Å². The summed E-state index contributed by atoms with van der Waals surface area (Å²) in [5.74, 6) is -12.6. The number of nitrogens with one attached hydrogen (secondary N) is 2. The van der Waals surface area contributed by atoms with Crippen LogP contribution in [0.1, 0.15) is 13.8 Å². The van der Waals surface area contributed by atoms with Gasteiger partial charge >= 0.3 is 6.03 Å². The second kappa shape index (κ2) is 9.08. The van der Waals surface area contributed by atoms with Crippen LogP contribution in [-0.4, -0.2) is 42.2 Å². The highest BCUT2D eigenvalue weighted by atomic mass is 28.2. The maximum atomic E-state index is 13.5. The second-order valence-electron chi connectivity index (χ2n) is 4.51. The molecule has 12 heteroatoms. The fourth-order valence-corrected chi connectivity index (χ4v) is 2.21. The summed E-state index contributed by atoms with van der Waals surface area (Å²) < 4.78 is 81.8. The molecule has 1 rings (SSSR count). The Kier molecular flexibility index (Phi) is 7.73. The van der Waals surface area contributed by atoms with Gasteiger partial charge in [0.25, 0.3) is 5.97 Å². The zero-order chi connectivity index (χ0) is 19.2. The molecule has 0 saturated heterocycles. The number of urea groups is 1. The molecule has 142 valence electrons. The Balaban J connectivity index is 2.90. The molecule has 0 fully saturated rings. The van der Waals surface area contributed by atoms with Gasteiger partial charge in [-0.15, -0.1) is 0 Å². The largest absolute Gasteiger partial charge is 0.379 e. The van der Waals surface area contributed by atoms with Gasteiger partial charge in [-0.1, -0.05) is 0 Å². The van der Waals surface area contributed by atoms with Gasteiger partial charge in [-0.2, -0.15) is 0 Å². The Labute approximate surface area is 143 Å². The lowest BCUT2D eigenvalue weighted by molar-refractivity contribution is -0.335. The first-order valence-electron chi connectivity index (χ1n) is 7.12. The molecule has 2 amide bonds. The number of amides is 2. The Morgan fingerprint density at radius 1 is 0.960 bits per heavy atom. The standard InChI is InChI=1S/C13H17F5N2O4Si/c1-3-22-13(24-25,23-4-2)5-19-12(21)20-11-9(17)7(15)6(14)8(16)10(11)18/h3-5H2,1-2,25H3,(H2,19,20,21). The van der Waals surface area contributed by atoms with Gasteiger partial charge in [0, 0.05) is 13.2 Å². The predicted molar refractivity (Wildman–Crippen MR) is 80.3 cm³/mol. The minimum absolute atomic E-state index is 0.170. The molecule has 0 radical (unpaired) electrons. The molecule has 1 aromatic rings. The van der Waals surface area contributed by atoms with Crippen LogP contribution in [0.25, 0.3) is 0 Å². The van der Waals surface area contributed by atoms with E-state index in [1.165, 1.54) is 0 Å². The van der Waals surface area contributed by atoms with E-state index < -0.39 is 46.8 Å². The van der Waals surface area contributed by atoms with Crippen LogP contribution in [0.2, 0.25) is 0 Å². The predicted octanol–water partition coefficient (Wildman–Crippen LogP) is 1.53. The molecular formula is C13H17F5N2O4Si. The van der Waals surface area contributed by atoms with Crippen LogP contribution in [-0.2, 0) is 13.9 Å². The van der Waals surface area contributed by atoms with E-state index in [4.69, 9.17) is 13.9 Å². The Bertz CT molecular complexity index is 600. The first kappa shape index (κ1) is 21.3. The number of halogens is 5. The van der Waals surface area contributed by atoms with E-state index in [-0.39, 0.29) is 30.2 Å². The number of ether oxygens (including phenoxy) is 2. The van der Waals surface area contributed by atoms with Crippen LogP contribution in [0.4, 0.5) is 32.4 Å². The molecule has 0 saturated carbocycles. The first-order chi connectivity index (χ1) is 11.7. The number of carbonyl (C=O) groups excluding carboxylic acids is 1. The van der Waals surface area contributed by atoms with E-state index in [1.807, 2.05) is 0 Å². The molecule has 0 atom stereocenters. The maximum Gasteiger partial charge on any atom is 0.319 e. The van der Waals surface area contributed by atoms with Crippen molar-refractivity contribution < 1.29 is 40.6 Å². The van der Waals surface area contributed by atoms with E-state index in [1.54, 1.807) is 19.2 Å². The summed E-state index contributed by atoms with van der Waals surface area (Å²) in [6.45, 7) is 3.23. The van der Waals surface area contributed by atoms with E-state index in [0.29, 0.717) is 0 Å². The van der Waals surface area contributed by atoms with E-state index >= 15 is 0 Å². The van der Waals surface area contributed by atoms with Crippen molar-refractivity contribution in [2.45, 2.75) is 19.8 Å². The van der Waals surface area contributed by atoms with E-state index in [9.17, 15) is 26.7 Å².